The van der Waals surface area contributed by atoms with Gasteiger partial charge in [0.05, 0.1) is 51.7 Å². The van der Waals surface area contributed by atoms with E-state index in [0.29, 0.717) is 6.54 Å². The summed E-state index contributed by atoms with van der Waals surface area (Å²) < 4.78 is 24.9. The van der Waals surface area contributed by atoms with Crippen LogP contribution in [0.2, 0.25) is 0 Å². The highest BCUT2D eigenvalue weighted by Gasteiger charge is 2.21. The lowest BCUT2D eigenvalue weighted by molar-refractivity contribution is 0.390. The molecule has 7 heteroatoms. The molecule has 2 aromatic heterocycles. The zero-order valence-electron chi connectivity index (χ0n) is 28.4. The number of methoxy groups -OCH3 is 4. The quantitative estimate of drug-likeness (QED) is 0.0964. The Hall–Kier alpha value is -4.26. The van der Waals surface area contributed by atoms with Crippen LogP contribution in [-0.4, -0.2) is 43.0 Å². The molecule has 3 aromatic carbocycles. The summed E-state index contributed by atoms with van der Waals surface area (Å²) in [7, 11) is 6.79. The third kappa shape index (κ3) is 7.41. The summed E-state index contributed by atoms with van der Waals surface area (Å²) >= 11 is 0. The lowest BCUT2D eigenvalue weighted by Gasteiger charge is -2.15. The standard InChI is InChI=1S/C39H49N3O4/c1-7-9-11-12-13-27-15-21-32-34(23-27)40-33(22-18-28-16-19-30(43-3)24-35(28)45-5)38-39(32)42(37(41-38)14-10-8-2)26-29-17-20-31(44-4)25-36(29)46-6/h15-17,19-21,23-25H,7-14,18,22,26H2,1-6H3. The van der Waals surface area contributed by atoms with E-state index in [9.17, 15) is 0 Å². The van der Waals surface area contributed by atoms with Crippen LogP contribution in [-0.2, 0) is 32.2 Å². The average Bonchev–Trinajstić information content (AvgIpc) is 3.46. The van der Waals surface area contributed by atoms with Gasteiger partial charge in [0.1, 0.15) is 34.3 Å². The number of fused-ring (bicyclic) bond motifs is 3. The highest BCUT2D eigenvalue weighted by Crippen LogP contribution is 2.34. The Morgan fingerprint density at radius 1 is 0.609 bits per heavy atom. The number of rotatable bonds is 17. The molecule has 5 aromatic rings. The molecule has 0 atom stereocenters. The largest absolute Gasteiger partial charge is 0.497 e. The maximum Gasteiger partial charge on any atom is 0.127 e. The van der Waals surface area contributed by atoms with Crippen molar-refractivity contribution in [1.29, 1.82) is 0 Å². The molecule has 0 aliphatic carbocycles. The number of ether oxygens (including phenoxy) is 4. The molecule has 0 unspecified atom stereocenters. The Bertz CT molecular complexity index is 1760. The van der Waals surface area contributed by atoms with E-state index in [1.54, 1.807) is 28.4 Å². The van der Waals surface area contributed by atoms with Crippen LogP contribution >= 0.6 is 0 Å². The van der Waals surface area contributed by atoms with Gasteiger partial charge in [-0.25, -0.2) is 4.98 Å². The number of nitrogens with zero attached hydrogens (tertiary/aromatic N) is 3. The Morgan fingerprint density at radius 3 is 1.98 bits per heavy atom. The number of imidazole rings is 1. The number of aryl methyl sites for hydroxylation is 4. The first-order valence-electron chi connectivity index (χ1n) is 16.8. The van der Waals surface area contributed by atoms with E-state index in [1.807, 2.05) is 24.3 Å². The van der Waals surface area contributed by atoms with E-state index in [2.05, 4.69) is 48.7 Å². The van der Waals surface area contributed by atoms with Gasteiger partial charge in [0, 0.05) is 29.5 Å². The molecule has 0 fully saturated rings. The summed E-state index contributed by atoms with van der Waals surface area (Å²) in [6, 6.07) is 18.9. The van der Waals surface area contributed by atoms with Crippen molar-refractivity contribution < 1.29 is 18.9 Å². The molecule has 0 N–H and O–H groups in total. The van der Waals surface area contributed by atoms with Crippen molar-refractivity contribution in [3.8, 4) is 23.0 Å². The summed E-state index contributed by atoms with van der Waals surface area (Å²) in [5.41, 5.74) is 7.72. The number of unbranched alkanes of at least 4 members (excludes halogenated alkanes) is 4. The van der Waals surface area contributed by atoms with Gasteiger partial charge < -0.3 is 23.5 Å². The van der Waals surface area contributed by atoms with Crippen LogP contribution in [0.15, 0.2) is 54.6 Å². The molecular formula is C39H49N3O4. The van der Waals surface area contributed by atoms with Crippen molar-refractivity contribution >= 4 is 21.9 Å². The summed E-state index contributed by atoms with van der Waals surface area (Å²) in [6.07, 6.45) is 10.6. The molecule has 0 amide bonds. The molecule has 0 saturated heterocycles. The zero-order chi connectivity index (χ0) is 32.5. The summed E-state index contributed by atoms with van der Waals surface area (Å²) in [4.78, 5) is 10.7. The fourth-order valence-electron chi connectivity index (χ4n) is 6.29. The maximum atomic E-state index is 5.83. The van der Waals surface area contributed by atoms with Gasteiger partial charge in [0.2, 0.25) is 0 Å². The van der Waals surface area contributed by atoms with E-state index < -0.39 is 0 Å². The lowest BCUT2D eigenvalue weighted by atomic mass is 10.0. The van der Waals surface area contributed by atoms with Crippen LogP contribution < -0.4 is 18.9 Å². The number of aromatic nitrogens is 3. The second kappa shape index (κ2) is 15.8. The monoisotopic (exact) mass is 623 g/mol. The van der Waals surface area contributed by atoms with Crippen molar-refractivity contribution in [2.24, 2.45) is 0 Å². The molecule has 0 aliphatic rings. The SMILES string of the molecule is CCCCCCc1ccc2c(c1)nc(CCc1ccc(OC)cc1OC)c1nc(CCCC)n(Cc3ccc(OC)cc3OC)c12. The molecule has 0 aliphatic heterocycles. The van der Waals surface area contributed by atoms with Crippen LogP contribution in [0.1, 0.15) is 80.6 Å². The van der Waals surface area contributed by atoms with E-state index in [0.717, 1.165) is 106 Å². The first-order chi connectivity index (χ1) is 22.5. The molecule has 0 bridgehead atoms. The molecule has 46 heavy (non-hydrogen) atoms. The minimum Gasteiger partial charge on any atom is -0.497 e. The fourth-order valence-corrected chi connectivity index (χ4v) is 6.29. The first kappa shape index (κ1) is 33.1. The van der Waals surface area contributed by atoms with Crippen LogP contribution in [0.4, 0.5) is 0 Å². The maximum absolute atomic E-state index is 5.83. The number of hydrogen-bond donors (Lipinski definition) is 0. The topological polar surface area (TPSA) is 67.6 Å². The summed E-state index contributed by atoms with van der Waals surface area (Å²) in [5, 5.41) is 1.14. The average molecular weight is 624 g/mol. The molecule has 7 nitrogen and oxygen atoms in total. The third-order valence-electron chi connectivity index (χ3n) is 8.91. The predicted octanol–water partition coefficient (Wildman–Crippen LogP) is 8.92. The van der Waals surface area contributed by atoms with Gasteiger partial charge in [-0.1, -0.05) is 57.7 Å². The van der Waals surface area contributed by atoms with Gasteiger partial charge in [-0.3, -0.25) is 4.98 Å². The third-order valence-corrected chi connectivity index (χ3v) is 8.91. The van der Waals surface area contributed by atoms with Gasteiger partial charge in [0.25, 0.3) is 0 Å². The highest BCUT2D eigenvalue weighted by atomic mass is 16.5. The Labute approximate surface area is 273 Å². The fraction of sp³-hybridized carbons (Fsp3) is 0.436. The van der Waals surface area contributed by atoms with Gasteiger partial charge >= 0.3 is 0 Å². The summed E-state index contributed by atoms with van der Waals surface area (Å²) in [6.45, 7) is 5.13. The lowest BCUT2D eigenvalue weighted by Crippen LogP contribution is -2.07. The van der Waals surface area contributed by atoms with Gasteiger partial charge in [0.15, 0.2) is 0 Å². The van der Waals surface area contributed by atoms with Crippen LogP contribution in [0.25, 0.3) is 21.9 Å². The van der Waals surface area contributed by atoms with Gasteiger partial charge in [-0.2, -0.15) is 0 Å². The van der Waals surface area contributed by atoms with Crippen LogP contribution in [0.3, 0.4) is 0 Å². The Morgan fingerprint density at radius 2 is 1.30 bits per heavy atom. The van der Waals surface area contributed by atoms with E-state index in [4.69, 9.17) is 28.9 Å². The predicted molar refractivity (Wildman–Crippen MR) is 187 cm³/mol. The summed E-state index contributed by atoms with van der Waals surface area (Å²) in [5.74, 6) is 4.27. The first-order valence-corrected chi connectivity index (χ1v) is 16.8. The Balaban J connectivity index is 1.65. The van der Waals surface area contributed by atoms with E-state index in [1.165, 1.54) is 31.2 Å². The normalized spacial score (nSPS) is 11.3. The minimum atomic E-state index is 0.645. The van der Waals surface area contributed by atoms with Crippen molar-refractivity contribution in [2.75, 3.05) is 28.4 Å². The van der Waals surface area contributed by atoms with Gasteiger partial charge in [-0.05, 0) is 67.5 Å². The number of benzene rings is 3. The molecule has 244 valence electrons. The number of hydrogen-bond acceptors (Lipinski definition) is 6. The van der Waals surface area contributed by atoms with Crippen LogP contribution in [0, 0.1) is 0 Å². The van der Waals surface area contributed by atoms with Crippen molar-refractivity contribution in [2.45, 2.75) is 84.6 Å². The molecule has 2 heterocycles. The molecular weight excluding hydrogens is 574 g/mol. The molecule has 5 rings (SSSR count). The van der Waals surface area contributed by atoms with E-state index >= 15 is 0 Å². The van der Waals surface area contributed by atoms with Crippen LogP contribution in [0.5, 0.6) is 23.0 Å². The molecule has 0 saturated carbocycles. The van der Waals surface area contributed by atoms with Crippen molar-refractivity contribution in [1.82, 2.24) is 14.5 Å². The Kier molecular flexibility index (Phi) is 11.4. The zero-order valence-corrected chi connectivity index (χ0v) is 28.4. The molecule has 0 radical (unpaired) electrons. The van der Waals surface area contributed by atoms with Gasteiger partial charge in [-0.15, -0.1) is 0 Å². The van der Waals surface area contributed by atoms with E-state index in [-0.39, 0.29) is 0 Å². The minimum absolute atomic E-state index is 0.645. The van der Waals surface area contributed by atoms with Crippen molar-refractivity contribution in [3.63, 3.8) is 0 Å². The second-order valence-electron chi connectivity index (χ2n) is 12.0. The molecule has 0 spiro atoms. The second-order valence-corrected chi connectivity index (χ2v) is 12.0. The van der Waals surface area contributed by atoms with Crippen molar-refractivity contribution in [3.05, 3.63) is 82.8 Å². The highest BCUT2D eigenvalue weighted by molar-refractivity contribution is 6.04. The number of pyridine rings is 1. The smallest absolute Gasteiger partial charge is 0.127 e.